The van der Waals surface area contributed by atoms with Gasteiger partial charge in [0.25, 0.3) is 0 Å². The minimum Gasteiger partial charge on any atom is -0.462 e. The predicted octanol–water partition coefficient (Wildman–Crippen LogP) is 22.5. The van der Waals surface area contributed by atoms with Crippen LogP contribution in [0, 0.1) is 0 Å². The third kappa shape index (κ3) is 61.7. The summed E-state index contributed by atoms with van der Waals surface area (Å²) in [5.41, 5.74) is 0. The summed E-state index contributed by atoms with van der Waals surface area (Å²) in [6, 6.07) is 0. The summed E-state index contributed by atoms with van der Waals surface area (Å²) in [5.74, 6) is -0.924. The van der Waals surface area contributed by atoms with Crippen LogP contribution in [-0.4, -0.2) is 37.2 Å². The van der Waals surface area contributed by atoms with E-state index in [-0.39, 0.29) is 37.5 Å². The summed E-state index contributed by atoms with van der Waals surface area (Å²) in [4.78, 5) is 38.1. The van der Waals surface area contributed by atoms with Crippen molar-refractivity contribution in [3.8, 4) is 0 Å². The molecule has 0 aromatic carbocycles. The van der Waals surface area contributed by atoms with E-state index in [1.807, 2.05) is 0 Å². The monoisotopic (exact) mass is 1060 g/mol. The lowest BCUT2D eigenvalue weighted by Crippen LogP contribution is -2.30. The molecule has 0 saturated carbocycles. The number of hydrogen-bond donors (Lipinski definition) is 0. The molecule has 0 rings (SSSR count). The van der Waals surface area contributed by atoms with E-state index < -0.39 is 6.10 Å². The Kier molecular flexibility index (Phi) is 61.7. The van der Waals surface area contributed by atoms with Gasteiger partial charge in [0.05, 0.1) is 0 Å². The molecule has 0 heterocycles. The van der Waals surface area contributed by atoms with Crippen molar-refractivity contribution in [1.29, 1.82) is 0 Å². The summed E-state index contributed by atoms with van der Waals surface area (Å²) in [5, 5.41) is 0. The minimum absolute atomic E-state index is 0.0896. The Labute approximate surface area is 472 Å². The molecular formula is C70H124O6. The first-order valence-corrected chi connectivity index (χ1v) is 32.9. The van der Waals surface area contributed by atoms with Crippen molar-refractivity contribution in [2.45, 2.75) is 341 Å². The highest BCUT2D eigenvalue weighted by atomic mass is 16.6. The zero-order valence-corrected chi connectivity index (χ0v) is 50.5. The molecule has 0 N–H and O–H groups in total. The second-order valence-corrected chi connectivity index (χ2v) is 22.0. The Hall–Kier alpha value is -3.15. The average Bonchev–Trinajstić information content (AvgIpc) is 3.42. The van der Waals surface area contributed by atoms with Gasteiger partial charge in [-0.25, -0.2) is 0 Å². The Bertz CT molecular complexity index is 1400. The first-order valence-electron chi connectivity index (χ1n) is 32.9. The summed E-state index contributed by atoms with van der Waals surface area (Å²) < 4.78 is 16.8. The van der Waals surface area contributed by atoms with Crippen LogP contribution in [0.15, 0.2) is 72.9 Å². The van der Waals surface area contributed by atoms with Crippen molar-refractivity contribution < 1.29 is 28.6 Å². The molecule has 440 valence electrons. The molecule has 0 aliphatic heterocycles. The van der Waals surface area contributed by atoms with Crippen molar-refractivity contribution >= 4 is 17.9 Å². The molecule has 1 unspecified atom stereocenters. The van der Waals surface area contributed by atoms with Crippen molar-refractivity contribution in [2.24, 2.45) is 0 Å². The van der Waals surface area contributed by atoms with Gasteiger partial charge in [0.1, 0.15) is 13.2 Å². The highest BCUT2D eigenvalue weighted by Gasteiger charge is 2.19. The quantitative estimate of drug-likeness (QED) is 0.0261. The highest BCUT2D eigenvalue weighted by molar-refractivity contribution is 5.71. The minimum atomic E-state index is -0.795. The fourth-order valence-electron chi connectivity index (χ4n) is 9.57. The van der Waals surface area contributed by atoms with Crippen LogP contribution >= 0.6 is 0 Å². The molecule has 0 amide bonds. The van der Waals surface area contributed by atoms with Gasteiger partial charge in [-0.15, -0.1) is 0 Å². The lowest BCUT2D eigenvalue weighted by atomic mass is 10.0. The van der Waals surface area contributed by atoms with E-state index in [0.717, 1.165) is 89.9 Å². The number of hydrogen-bond acceptors (Lipinski definition) is 6. The topological polar surface area (TPSA) is 78.9 Å². The smallest absolute Gasteiger partial charge is 0.306 e. The average molecular weight is 1060 g/mol. The molecule has 76 heavy (non-hydrogen) atoms. The van der Waals surface area contributed by atoms with Gasteiger partial charge >= 0.3 is 17.9 Å². The number of carbonyl (C=O) groups excluding carboxylic acids is 3. The molecule has 6 nitrogen and oxygen atoms in total. The molecular weight excluding hydrogens is 937 g/mol. The van der Waals surface area contributed by atoms with E-state index >= 15 is 0 Å². The Morgan fingerprint density at radius 3 is 0.803 bits per heavy atom. The van der Waals surface area contributed by atoms with Gasteiger partial charge in [-0.05, 0) is 70.6 Å². The predicted molar refractivity (Wildman–Crippen MR) is 330 cm³/mol. The number of allylic oxidation sites excluding steroid dienone is 12. The van der Waals surface area contributed by atoms with Gasteiger partial charge in [-0.3, -0.25) is 14.4 Å². The van der Waals surface area contributed by atoms with E-state index in [4.69, 9.17) is 14.2 Å². The maximum Gasteiger partial charge on any atom is 0.306 e. The fourth-order valence-corrected chi connectivity index (χ4v) is 9.57. The fraction of sp³-hybridized carbons (Fsp3) is 0.786. The number of carbonyl (C=O) groups is 3. The van der Waals surface area contributed by atoms with Crippen LogP contribution in [-0.2, 0) is 28.6 Å². The zero-order valence-electron chi connectivity index (χ0n) is 50.5. The van der Waals surface area contributed by atoms with Crippen molar-refractivity contribution in [3.05, 3.63) is 72.9 Å². The third-order valence-electron chi connectivity index (χ3n) is 14.5. The number of rotatable bonds is 60. The van der Waals surface area contributed by atoms with Gasteiger partial charge in [0, 0.05) is 19.3 Å². The number of unbranched alkanes of at least 4 members (excludes halogenated alkanes) is 37. The highest BCUT2D eigenvalue weighted by Crippen LogP contribution is 2.18. The van der Waals surface area contributed by atoms with Crippen LogP contribution in [0.4, 0.5) is 0 Å². The van der Waals surface area contributed by atoms with Crippen LogP contribution in [0.1, 0.15) is 335 Å². The number of esters is 3. The zero-order chi connectivity index (χ0) is 55.0. The van der Waals surface area contributed by atoms with Crippen LogP contribution in [0.25, 0.3) is 0 Å². The largest absolute Gasteiger partial charge is 0.462 e. The van der Waals surface area contributed by atoms with Gasteiger partial charge < -0.3 is 14.2 Å². The Morgan fingerprint density at radius 1 is 0.276 bits per heavy atom. The SMILES string of the molecule is CC/C=C\C/C=C\C/C=C\C/C=C\C/C=C\C/C=C\CCCCC(=O)OC(COC(=O)CCCCCCCCCC)COC(=O)CCCCCCCCCCCCCCCCCCCCCCCCCCCCCCC. The molecule has 0 bridgehead atoms. The Morgan fingerprint density at radius 2 is 0.513 bits per heavy atom. The summed E-state index contributed by atoms with van der Waals surface area (Å²) in [6.07, 6.45) is 83.8. The summed E-state index contributed by atoms with van der Waals surface area (Å²) in [6.45, 7) is 6.50. The van der Waals surface area contributed by atoms with Gasteiger partial charge in [0.2, 0.25) is 0 Å². The molecule has 0 radical (unpaired) electrons. The lowest BCUT2D eigenvalue weighted by molar-refractivity contribution is -0.167. The standard InChI is InChI=1S/C70H124O6/c1-4-7-10-13-16-19-21-23-25-27-29-31-32-33-34-35-36-37-38-40-41-43-45-47-49-51-54-57-60-63-69(72)75-66-67(65-74-68(71)62-59-56-53-18-15-12-9-6-3)76-70(73)64-61-58-55-52-50-48-46-44-42-39-30-28-26-24-22-20-17-14-11-8-5-2/h8,11,17,20,24,26,30,39,44,46,50,52,67H,4-7,9-10,12-16,18-19,21-23,25,27-29,31-38,40-43,45,47-49,51,53-66H2,1-3H3/b11-8-,20-17-,26-24-,39-30-,46-44-,52-50-. The maximum atomic E-state index is 12.8. The van der Waals surface area contributed by atoms with Crippen molar-refractivity contribution in [3.63, 3.8) is 0 Å². The molecule has 0 aliphatic carbocycles. The summed E-state index contributed by atoms with van der Waals surface area (Å²) in [7, 11) is 0. The van der Waals surface area contributed by atoms with Crippen LogP contribution in [0.5, 0.6) is 0 Å². The van der Waals surface area contributed by atoms with E-state index in [2.05, 4.69) is 93.7 Å². The molecule has 0 aromatic heterocycles. The second kappa shape index (κ2) is 64.4. The first kappa shape index (κ1) is 72.8. The van der Waals surface area contributed by atoms with E-state index in [9.17, 15) is 14.4 Å². The molecule has 0 aliphatic rings. The maximum absolute atomic E-state index is 12.8. The third-order valence-corrected chi connectivity index (χ3v) is 14.5. The van der Waals surface area contributed by atoms with Crippen molar-refractivity contribution in [2.75, 3.05) is 13.2 Å². The van der Waals surface area contributed by atoms with Crippen LogP contribution < -0.4 is 0 Å². The van der Waals surface area contributed by atoms with Crippen LogP contribution in [0.2, 0.25) is 0 Å². The molecule has 0 aromatic rings. The lowest BCUT2D eigenvalue weighted by Gasteiger charge is -2.18. The molecule has 1 atom stereocenters. The molecule has 0 spiro atoms. The molecule has 0 saturated heterocycles. The molecule has 6 heteroatoms. The Balaban J connectivity index is 4.15. The molecule has 0 fully saturated rings. The number of ether oxygens (including phenoxy) is 3. The van der Waals surface area contributed by atoms with Crippen LogP contribution in [0.3, 0.4) is 0 Å². The van der Waals surface area contributed by atoms with E-state index in [1.54, 1.807) is 0 Å². The first-order chi connectivity index (χ1) is 37.5. The second-order valence-electron chi connectivity index (χ2n) is 22.0. The van der Waals surface area contributed by atoms with Gasteiger partial charge in [-0.2, -0.15) is 0 Å². The normalized spacial score (nSPS) is 12.5. The van der Waals surface area contributed by atoms with E-state index in [1.165, 1.54) is 199 Å². The van der Waals surface area contributed by atoms with Crippen molar-refractivity contribution in [1.82, 2.24) is 0 Å². The van der Waals surface area contributed by atoms with Gasteiger partial charge in [0.15, 0.2) is 6.10 Å². The van der Waals surface area contributed by atoms with E-state index in [0.29, 0.717) is 19.3 Å². The summed E-state index contributed by atoms with van der Waals surface area (Å²) >= 11 is 0. The van der Waals surface area contributed by atoms with Gasteiger partial charge in [-0.1, -0.05) is 318 Å².